The number of anilines is 1. The molecule has 0 unspecified atom stereocenters. The van der Waals surface area contributed by atoms with Crippen molar-refractivity contribution < 1.29 is 0 Å². The fourth-order valence-corrected chi connectivity index (χ4v) is 2.21. The van der Waals surface area contributed by atoms with Gasteiger partial charge in [-0.1, -0.05) is 25.5 Å². The Balaban J connectivity index is 1.95. The van der Waals surface area contributed by atoms with Crippen molar-refractivity contribution in [3.63, 3.8) is 0 Å². The number of hydrogen-bond acceptors (Lipinski definition) is 1. The third-order valence-electron chi connectivity index (χ3n) is 3.75. The standard InChI is InChI=1S/C14H21N/c1-10-4-5-12(3)14(8-10)15-9-13-7-6-11(13)2/h4-5,8,11,13,15H,6-7,9H2,1-3H3/t11-,13+/m0/s1. The molecule has 1 heteroatoms. The zero-order valence-corrected chi connectivity index (χ0v) is 10.0. The van der Waals surface area contributed by atoms with Crippen LogP contribution in [-0.4, -0.2) is 6.54 Å². The van der Waals surface area contributed by atoms with E-state index in [9.17, 15) is 0 Å². The second-order valence-electron chi connectivity index (χ2n) is 5.01. The summed E-state index contributed by atoms with van der Waals surface area (Å²) in [6.07, 6.45) is 2.82. The smallest absolute Gasteiger partial charge is 0.0372 e. The summed E-state index contributed by atoms with van der Waals surface area (Å²) in [5.41, 5.74) is 4.01. The van der Waals surface area contributed by atoms with Crippen molar-refractivity contribution in [3.05, 3.63) is 29.3 Å². The average Bonchev–Trinajstić information content (AvgIpc) is 2.21. The van der Waals surface area contributed by atoms with Crippen LogP contribution in [0.25, 0.3) is 0 Å². The van der Waals surface area contributed by atoms with Crippen molar-refractivity contribution in [2.75, 3.05) is 11.9 Å². The van der Waals surface area contributed by atoms with Crippen molar-refractivity contribution in [1.29, 1.82) is 0 Å². The number of hydrogen-bond donors (Lipinski definition) is 1. The maximum Gasteiger partial charge on any atom is 0.0372 e. The summed E-state index contributed by atoms with van der Waals surface area (Å²) in [6, 6.07) is 6.62. The highest BCUT2D eigenvalue weighted by Gasteiger charge is 2.26. The lowest BCUT2D eigenvalue weighted by atomic mass is 9.75. The van der Waals surface area contributed by atoms with E-state index in [1.165, 1.54) is 29.7 Å². The van der Waals surface area contributed by atoms with Crippen LogP contribution in [0.15, 0.2) is 18.2 Å². The lowest BCUT2D eigenvalue weighted by Crippen LogP contribution is -2.29. The lowest BCUT2D eigenvalue weighted by molar-refractivity contribution is 0.210. The van der Waals surface area contributed by atoms with Gasteiger partial charge in [0.05, 0.1) is 0 Å². The van der Waals surface area contributed by atoms with Crippen LogP contribution in [0, 0.1) is 25.7 Å². The highest BCUT2D eigenvalue weighted by atomic mass is 14.9. The van der Waals surface area contributed by atoms with Gasteiger partial charge >= 0.3 is 0 Å². The molecule has 1 N–H and O–H groups in total. The second kappa shape index (κ2) is 4.26. The Kier molecular flexibility index (Phi) is 2.99. The van der Waals surface area contributed by atoms with Gasteiger partial charge in [-0.2, -0.15) is 0 Å². The molecule has 0 radical (unpaired) electrons. The van der Waals surface area contributed by atoms with Crippen molar-refractivity contribution in [2.24, 2.45) is 11.8 Å². The summed E-state index contributed by atoms with van der Waals surface area (Å²) in [5.74, 6) is 1.81. The van der Waals surface area contributed by atoms with E-state index < -0.39 is 0 Å². The van der Waals surface area contributed by atoms with E-state index in [1.54, 1.807) is 0 Å². The Bertz CT molecular complexity index is 343. The third-order valence-corrected chi connectivity index (χ3v) is 3.75. The SMILES string of the molecule is Cc1ccc(C)c(NC[C@H]2CC[C@@H]2C)c1. The number of aryl methyl sites for hydroxylation is 2. The molecule has 0 saturated heterocycles. The zero-order valence-electron chi connectivity index (χ0n) is 10.0. The van der Waals surface area contributed by atoms with Crippen LogP contribution in [0.5, 0.6) is 0 Å². The monoisotopic (exact) mass is 203 g/mol. The molecule has 2 rings (SSSR count). The van der Waals surface area contributed by atoms with Gasteiger partial charge in [0.15, 0.2) is 0 Å². The largest absolute Gasteiger partial charge is 0.385 e. The zero-order chi connectivity index (χ0) is 10.8. The quantitative estimate of drug-likeness (QED) is 0.788. The van der Waals surface area contributed by atoms with Gasteiger partial charge in [-0.3, -0.25) is 0 Å². The fourth-order valence-electron chi connectivity index (χ4n) is 2.21. The van der Waals surface area contributed by atoms with Gasteiger partial charge in [0.25, 0.3) is 0 Å². The molecule has 15 heavy (non-hydrogen) atoms. The van der Waals surface area contributed by atoms with Gasteiger partial charge in [-0.05, 0) is 49.3 Å². The van der Waals surface area contributed by atoms with Gasteiger partial charge in [-0.15, -0.1) is 0 Å². The Hall–Kier alpha value is -0.980. The minimum absolute atomic E-state index is 0.893. The van der Waals surface area contributed by atoms with Crippen LogP contribution >= 0.6 is 0 Å². The molecule has 1 fully saturated rings. The molecule has 0 aromatic heterocycles. The van der Waals surface area contributed by atoms with Crippen LogP contribution in [0.4, 0.5) is 5.69 Å². The first-order valence-electron chi connectivity index (χ1n) is 5.98. The molecule has 1 aliphatic rings. The van der Waals surface area contributed by atoms with E-state index in [4.69, 9.17) is 0 Å². The average molecular weight is 203 g/mol. The molecule has 2 atom stereocenters. The molecule has 1 aromatic rings. The molecule has 1 nitrogen and oxygen atoms in total. The van der Waals surface area contributed by atoms with Crippen LogP contribution in [0.1, 0.15) is 30.9 Å². The molecule has 0 heterocycles. The van der Waals surface area contributed by atoms with Crippen molar-refractivity contribution in [3.8, 4) is 0 Å². The van der Waals surface area contributed by atoms with Gasteiger partial charge in [0.2, 0.25) is 0 Å². The topological polar surface area (TPSA) is 12.0 Å². The van der Waals surface area contributed by atoms with E-state index in [0.29, 0.717) is 0 Å². The number of rotatable bonds is 3. The number of benzene rings is 1. The first kappa shape index (κ1) is 10.5. The maximum absolute atomic E-state index is 3.59. The predicted octanol–water partition coefficient (Wildman–Crippen LogP) is 3.76. The molecule has 0 bridgehead atoms. The third kappa shape index (κ3) is 2.34. The summed E-state index contributed by atoms with van der Waals surface area (Å²) in [6.45, 7) is 7.83. The van der Waals surface area contributed by atoms with E-state index in [-0.39, 0.29) is 0 Å². The Morgan fingerprint density at radius 1 is 1.27 bits per heavy atom. The molecule has 1 saturated carbocycles. The van der Waals surface area contributed by atoms with E-state index in [1.807, 2.05) is 0 Å². The van der Waals surface area contributed by atoms with Crippen molar-refractivity contribution >= 4 is 5.69 Å². The summed E-state index contributed by atoms with van der Waals surface area (Å²) >= 11 is 0. The van der Waals surface area contributed by atoms with E-state index >= 15 is 0 Å². The molecule has 82 valence electrons. The van der Waals surface area contributed by atoms with Crippen molar-refractivity contribution in [2.45, 2.75) is 33.6 Å². The summed E-state index contributed by atoms with van der Waals surface area (Å²) < 4.78 is 0. The summed E-state index contributed by atoms with van der Waals surface area (Å²) in [4.78, 5) is 0. The van der Waals surface area contributed by atoms with Crippen LogP contribution in [0.2, 0.25) is 0 Å². The van der Waals surface area contributed by atoms with Crippen LogP contribution in [-0.2, 0) is 0 Å². The lowest BCUT2D eigenvalue weighted by Gasteiger charge is -2.34. The first-order valence-corrected chi connectivity index (χ1v) is 5.98. The second-order valence-corrected chi connectivity index (χ2v) is 5.01. The molecule has 0 aliphatic heterocycles. The van der Waals surface area contributed by atoms with Gasteiger partial charge < -0.3 is 5.32 Å². The van der Waals surface area contributed by atoms with Crippen LogP contribution in [0.3, 0.4) is 0 Å². The highest BCUT2D eigenvalue weighted by Crippen LogP contribution is 2.33. The molecular weight excluding hydrogens is 182 g/mol. The van der Waals surface area contributed by atoms with Crippen molar-refractivity contribution in [1.82, 2.24) is 0 Å². The summed E-state index contributed by atoms with van der Waals surface area (Å²) in [5, 5.41) is 3.59. The predicted molar refractivity (Wildman–Crippen MR) is 66.3 cm³/mol. The minimum Gasteiger partial charge on any atom is -0.385 e. The molecule has 0 amide bonds. The Morgan fingerprint density at radius 2 is 2.07 bits per heavy atom. The first-order chi connectivity index (χ1) is 7.16. The van der Waals surface area contributed by atoms with Gasteiger partial charge in [-0.25, -0.2) is 0 Å². The minimum atomic E-state index is 0.893. The van der Waals surface area contributed by atoms with Gasteiger partial charge in [0.1, 0.15) is 0 Å². The van der Waals surface area contributed by atoms with Gasteiger partial charge in [0, 0.05) is 12.2 Å². The molecular formula is C14H21N. The fraction of sp³-hybridized carbons (Fsp3) is 0.571. The highest BCUT2D eigenvalue weighted by molar-refractivity contribution is 5.52. The normalized spacial score (nSPS) is 24.7. The van der Waals surface area contributed by atoms with E-state index in [0.717, 1.165) is 18.4 Å². The molecule has 1 aromatic carbocycles. The van der Waals surface area contributed by atoms with E-state index in [2.05, 4.69) is 44.3 Å². The summed E-state index contributed by atoms with van der Waals surface area (Å²) in [7, 11) is 0. The Morgan fingerprint density at radius 3 is 2.67 bits per heavy atom. The molecule has 0 spiro atoms. The number of nitrogens with one attached hydrogen (secondary N) is 1. The molecule has 1 aliphatic carbocycles. The Labute approximate surface area is 92.9 Å². The van der Waals surface area contributed by atoms with Crippen LogP contribution < -0.4 is 5.32 Å². The maximum atomic E-state index is 3.59.